The van der Waals surface area contributed by atoms with E-state index >= 15 is 0 Å². The SMILES string of the molecule is CCc1cc(CC)n(-c2ccc(C(F)(F)F)cc2)n1. The fourth-order valence-electron chi connectivity index (χ4n) is 1.91. The molecule has 0 bridgehead atoms. The Balaban J connectivity index is 2.39. The molecule has 1 heterocycles. The molecule has 2 nitrogen and oxygen atoms in total. The minimum absolute atomic E-state index is 0.642. The quantitative estimate of drug-likeness (QED) is 0.822. The predicted molar refractivity (Wildman–Crippen MR) is 67.3 cm³/mol. The van der Waals surface area contributed by atoms with Gasteiger partial charge in [-0.05, 0) is 43.2 Å². The number of alkyl halides is 3. The monoisotopic (exact) mass is 268 g/mol. The zero-order valence-electron chi connectivity index (χ0n) is 10.8. The standard InChI is InChI=1S/C14H15F3N2/c1-3-11-9-12(4-2)19(18-11)13-7-5-10(6-8-13)14(15,16)17/h5-9H,3-4H2,1-2H3. The van der Waals surface area contributed by atoms with Gasteiger partial charge in [0.15, 0.2) is 0 Å². The van der Waals surface area contributed by atoms with Gasteiger partial charge < -0.3 is 0 Å². The van der Waals surface area contributed by atoms with Gasteiger partial charge in [-0.15, -0.1) is 0 Å². The van der Waals surface area contributed by atoms with Crippen molar-refractivity contribution >= 4 is 0 Å². The molecular weight excluding hydrogens is 253 g/mol. The number of aromatic nitrogens is 2. The fourth-order valence-corrected chi connectivity index (χ4v) is 1.91. The molecular formula is C14H15F3N2. The van der Waals surface area contributed by atoms with E-state index in [9.17, 15) is 13.2 Å². The van der Waals surface area contributed by atoms with Gasteiger partial charge in [0.2, 0.25) is 0 Å². The topological polar surface area (TPSA) is 17.8 Å². The van der Waals surface area contributed by atoms with Gasteiger partial charge in [-0.25, -0.2) is 4.68 Å². The third kappa shape index (κ3) is 2.80. The molecule has 0 radical (unpaired) electrons. The molecule has 102 valence electrons. The van der Waals surface area contributed by atoms with E-state index < -0.39 is 11.7 Å². The maximum absolute atomic E-state index is 12.5. The Labute approximate surface area is 109 Å². The van der Waals surface area contributed by atoms with Crippen molar-refractivity contribution in [3.05, 3.63) is 47.3 Å². The molecule has 0 fully saturated rings. The molecule has 0 aliphatic carbocycles. The molecule has 2 rings (SSSR count). The molecule has 2 aromatic rings. The lowest BCUT2D eigenvalue weighted by molar-refractivity contribution is -0.137. The molecule has 1 aromatic carbocycles. The minimum Gasteiger partial charge on any atom is -0.238 e. The number of benzene rings is 1. The van der Waals surface area contributed by atoms with Gasteiger partial charge in [0.1, 0.15) is 0 Å². The predicted octanol–water partition coefficient (Wildman–Crippen LogP) is 4.02. The van der Waals surface area contributed by atoms with Crippen LogP contribution in [0.4, 0.5) is 13.2 Å². The van der Waals surface area contributed by atoms with Gasteiger partial charge in [0, 0.05) is 5.69 Å². The van der Waals surface area contributed by atoms with Crippen molar-refractivity contribution in [2.75, 3.05) is 0 Å². The summed E-state index contributed by atoms with van der Waals surface area (Å²) in [6, 6.07) is 7.06. The lowest BCUT2D eigenvalue weighted by Crippen LogP contribution is -2.06. The summed E-state index contributed by atoms with van der Waals surface area (Å²) in [7, 11) is 0. The Morgan fingerprint density at radius 3 is 2.16 bits per heavy atom. The summed E-state index contributed by atoms with van der Waals surface area (Å²) >= 11 is 0. The highest BCUT2D eigenvalue weighted by Crippen LogP contribution is 2.29. The van der Waals surface area contributed by atoms with Crippen LogP contribution in [0.5, 0.6) is 0 Å². The number of halogens is 3. The second-order valence-corrected chi connectivity index (χ2v) is 4.29. The van der Waals surface area contributed by atoms with Crippen molar-refractivity contribution < 1.29 is 13.2 Å². The van der Waals surface area contributed by atoms with E-state index in [1.807, 2.05) is 19.9 Å². The van der Waals surface area contributed by atoms with Crippen molar-refractivity contribution in [3.63, 3.8) is 0 Å². The van der Waals surface area contributed by atoms with Gasteiger partial charge in [0.25, 0.3) is 0 Å². The molecule has 0 unspecified atom stereocenters. The molecule has 0 saturated heterocycles. The van der Waals surface area contributed by atoms with Crippen LogP contribution in [-0.4, -0.2) is 9.78 Å². The average Bonchev–Trinajstić information content (AvgIpc) is 2.81. The average molecular weight is 268 g/mol. The van der Waals surface area contributed by atoms with E-state index in [1.54, 1.807) is 4.68 Å². The van der Waals surface area contributed by atoms with E-state index in [4.69, 9.17) is 0 Å². The Kier molecular flexibility index (Phi) is 3.64. The van der Waals surface area contributed by atoms with Crippen molar-refractivity contribution in [3.8, 4) is 5.69 Å². The summed E-state index contributed by atoms with van der Waals surface area (Å²) in [6.07, 6.45) is -2.71. The maximum atomic E-state index is 12.5. The zero-order valence-corrected chi connectivity index (χ0v) is 10.8. The van der Waals surface area contributed by atoms with Crippen molar-refractivity contribution in [1.82, 2.24) is 9.78 Å². The highest BCUT2D eigenvalue weighted by Gasteiger charge is 2.30. The largest absolute Gasteiger partial charge is 0.416 e. The Bertz CT molecular complexity index is 553. The molecule has 1 aromatic heterocycles. The number of hydrogen-bond donors (Lipinski definition) is 0. The first-order valence-corrected chi connectivity index (χ1v) is 6.21. The van der Waals surface area contributed by atoms with Crippen LogP contribution in [0.15, 0.2) is 30.3 Å². The van der Waals surface area contributed by atoms with Gasteiger partial charge in [-0.2, -0.15) is 18.3 Å². The van der Waals surface area contributed by atoms with Crippen molar-refractivity contribution in [2.45, 2.75) is 32.9 Å². The Morgan fingerprint density at radius 1 is 1.05 bits per heavy atom. The number of hydrogen-bond acceptors (Lipinski definition) is 1. The number of aryl methyl sites for hydroxylation is 2. The third-order valence-electron chi connectivity index (χ3n) is 3.00. The molecule has 0 aliphatic rings. The molecule has 0 atom stereocenters. The summed E-state index contributed by atoms with van der Waals surface area (Å²) in [6.45, 7) is 4.00. The van der Waals surface area contributed by atoms with Crippen LogP contribution in [0.25, 0.3) is 5.69 Å². The molecule has 0 spiro atoms. The number of rotatable bonds is 3. The summed E-state index contributed by atoms with van der Waals surface area (Å²) in [5.74, 6) is 0. The maximum Gasteiger partial charge on any atom is 0.416 e. The van der Waals surface area contributed by atoms with Crippen LogP contribution in [0.3, 0.4) is 0 Å². The van der Waals surface area contributed by atoms with Gasteiger partial charge in [-0.3, -0.25) is 0 Å². The molecule has 5 heteroatoms. The van der Waals surface area contributed by atoms with Crippen LogP contribution in [0, 0.1) is 0 Å². The van der Waals surface area contributed by atoms with Gasteiger partial charge >= 0.3 is 6.18 Å². The van der Waals surface area contributed by atoms with E-state index in [2.05, 4.69) is 5.10 Å². The molecule has 19 heavy (non-hydrogen) atoms. The highest BCUT2D eigenvalue weighted by atomic mass is 19.4. The van der Waals surface area contributed by atoms with Crippen LogP contribution in [0.1, 0.15) is 30.8 Å². The third-order valence-corrected chi connectivity index (χ3v) is 3.00. The first-order valence-electron chi connectivity index (χ1n) is 6.21. The first-order chi connectivity index (χ1) is 8.95. The summed E-state index contributed by atoms with van der Waals surface area (Å²) < 4.78 is 39.2. The summed E-state index contributed by atoms with van der Waals surface area (Å²) in [4.78, 5) is 0. The van der Waals surface area contributed by atoms with Gasteiger partial charge in [0.05, 0.1) is 16.9 Å². The van der Waals surface area contributed by atoms with Crippen molar-refractivity contribution in [1.29, 1.82) is 0 Å². The van der Waals surface area contributed by atoms with Gasteiger partial charge in [-0.1, -0.05) is 13.8 Å². The lowest BCUT2D eigenvalue weighted by atomic mass is 10.2. The summed E-state index contributed by atoms with van der Waals surface area (Å²) in [5.41, 5.74) is 1.95. The smallest absolute Gasteiger partial charge is 0.238 e. The lowest BCUT2D eigenvalue weighted by Gasteiger charge is -2.09. The second-order valence-electron chi connectivity index (χ2n) is 4.29. The Hall–Kier alpha value is -1.78. The molecule has 0 amide bonds. The normalized spacial score (nSPS) is 11.8. The van der Waals surface area contributed by atoms with Crippen LogP contribution < -0.4 is 0 Å². The van der Waals surface area contributed by atoms with E-state index in [-0.39, 0.29) is 0 Å². The molecule has 0 aliphatic heterocycles. The number of nitrogens with zero attached hydrogens (tertiary/aromatic N) is 2. The van der Waals surface area contributed by atoms with Crippen LogP contribution in [0.2, 0.25) is 0 Å². The zero-order chi connectivity index (χ0) is 14.0. The Morgan fingerprint density at radius 2 is 1.68 bits per heavy atom. The second kappa shape index (κ2) is 5.07. The molecule has 0 N–H and O–H groups in total. The summed E-state index contributed by atoms with van der Waals surface area (Å²) in [5, 5.41) is 4.40. The first kappa shape index (κ1) is 13.6. The van der Waals surface area contributed by atoms with E-state index in [0.29, 0.717) is 5.69 Å². The highest BCUT2D eigenvalue weighted by molar-refractivity contribution is 5.37. The fraction of sp³-hybridized carbons (Fsp3) is 0.357. The van der Waals surface area contributed by atoms with E-state index in [0.717, 1.165) is 36.4 Å². The molecule has 0 saturated carbocycles. The van der Waals surface area contributed by atoms with Crippen molar-refractivity contribution in [2.24, 2.45) is 0 Å². The van der Waals surface area contributed by atoms with Crippen LogP contribution >= 0.6 is 0 Å². The van der Waals surface area contributed by atoms with E-state index in [1.165, 1.54) is 12.1 Å². The van der Waals surface area contributed by atoms with Crippen LogP contribution in [-0.2, 0) is 19.0 Å². The minimum atomic E-state index is -4.30.